The second kappa shape index (κ2) is 6.59. The third-order valence-electron chi connectivity index (χ3n) is 1.99. The number of H-pyrrole nitrogens is 1. The molecule has 1 aromatic rings. The molecular formula is C10H18N2O2. The first-order valence-electron chi connectivity index (χ1n) is 4.83. The summed E-state index contributed by atoms with van der Waals surface area (Å²) in [6.07, 6.45) is 2.25. The molecule has 0 spiro atoms. The number of hydrogen-bond acceptors (Lipinski definition) is 3. The summed E-state index contributed by atoms with van der Waals surface area (Å²) in [4.78, 5) is 3.10. The van der Waals surface area contributed by atoms with Gasteiger partial charge in [0, 0.05) is 25.5 Å². The lowest BCUT2D eigenvalue weighted by atomic mass is 10.2. The van der Waals surface area contributed by atoms with Crippen LogP contribution in [0.4, 0.5) is 0 Å². The van der Waals surface area contributed by atoms with Crippen molar-refractivity contribution in [1.29, 1.82) is 0 Å². The van der Waals surface area contributed by atoms with Crippen LogP contribution in [0.25, 0.3) is 0 Å². The van der Waals surface area contributed by atoms with Crippen LogP contribution >= 0.6 is 0 Å². The van der Waals surface area contributed by atoms with Gasteiger partial charge in [0.05, 0.1) is 12.7 Å². The summed E-state index contributed by atoms with van der Waals surface area (Å²) in [5.41, 5.74) is 1.16. The van der Waals surface area contributed by atoms with E-state index in [1.54, 1.807) is 7.11 Å². The zero-order chi connectivity index (χ0) is 10.2. The molecule has 0 aromatic carbocycles. The zero-order valence-electron chi connectivity index (χ0n) is 8.49. The molecule has 80 valence electrons. The van der Waals surface area contributed by atoms with Crippen LogP contribution in [0.1, 0.15) is 12.1 Å². The van der Waals surface area contributed by atoms with Gasteiger partial charge in [-0.25, -0.2) is 0 Å². The van der Waals surface area contributed by atoms with Gasteiger partial charge >= 0.3 is 0 Å². The van der Waals surface area contributed by atoms with E-state index in [0.29, 0.717) is 13.0 Å². The first-order chi connectivity index (χ1) is 6.83. The van der Waals surface area contributed by atoms with E-state index in [-0.39, 0.29) is 6.10 Å². The van der Waals surface area contributed by atoms with Crippen molar-refractivity contribution in [3.8, 4) is 0 Å². The third kappa shape index (κ3) is 4.41. The molecule has 4 nitrogen and oxygen atoms in total. The molecule has 0 aliphatic rings. The summed E-state index contributed by atoms with van der Waals surface area (Å²) in [6, 6.07) is 4.00. The second-order valence-electron chi connectivity index (χ2n) is 3.27. The minimum absolute atomic E-state index is 0.365. The minimum atomic E-state index is -0.365. The number of aliphatic hydroxyl groups excluding tert-OH is 1. The fraction of sp³-hybridized carbons (Fsp3) is 0.600. The van der Waals surface area contributed by atoms with Crippen molar-refractivity contribution in [3.05, 3.63) is 24.0 Å². The number of aromatic amines is 1. The fourth-order valence-corrected chi connectivity index (χ4v) is 1.24. The maximum atomic E-state index is 9.33. The molecule has 1 atom stereocenters. The van der Waals surface area contributed by atoms with E-state index in [0.717, 1.165) is 18.8 Å². The lowest BCUT2D eigenvalue weighted by molar-refractivity contribution is 0.0594. The molecule has 14 heavy (non-hydrogen) atoms. The van der Waals surface area contributed by atoms with Gasteiger partial charge < -0.3 is 20.1 Å². The van der Waals surface area contributed by atoms with Gasteiger partial charge in [-0.3, -0.25) is 0 Å². The van der Waals surface area contributed by atoms with Gasteiger partial charge in [-0.2, -0.15) is 0 Å². The topological polar surface area (TPSA) is 57.3 Å². The molecule has 0 bridgehead atoms. The molecule has 0 saturated carbocycles. The number of aliphatic hydroxyl groups is 1. The van der Waals surface area contributed by atoms with Crippen LogP contribution in [0, 0.1) is 0 Å². The highest BCUT2D eigenvalue weighted by Crippen LogP contribution is 1.94. The van der Waals surface area contributed by atoms with Crippen LogP contribution < -0.4 is 5.32 Å². The first kappa shape index (κ1) is 11.2. The van der Waals surface area contributed by atoms with Gasteiger partial charge in [-0.1, -0.05) is 0 Å². The number of rotatable bonds is 7. The van der Waals surface area contributed by atoms with Gasteiger partial charge in [0.25, 0.3) is 0 Å². The Bertz CT molecular complexity index is 224. The zero-order valence-corrected chi connectivity index (χ0v) is 8.49. The van der Waals surface area contributed by atoms with E-state index in [1.807, 2.05) is 18.3 Å². The largest absolute Gasteiger partial charge is 0.391 e. The van der Waals surface area contributed by atoms with E-state index in [9.17, 15) is 5.11 Å². The predicted molar refractivity (Wildman–Crippen MR) is 55.0 cm³/mol. The number of methoxy groups -OCH3 is 1. The molecule has 1 rings (SSSR count). The SMILES string of the molecule is COCC(O)CCNCc1ccc[nH]1. The van der Waals surface area contributed by atoms with E-state index in [1.165, 1.54) is 0 Å². The number of aromatic nitrogens is 1. The highest BCUT2D eigenvalue weighted by molar-refractivity contribution is 5.02. The van der Waals surface area contributed by atoms with Crippen molar-refractivity contribution in [2.75, 3.05) is 20.3 Å². The van der Waals surface area contributed by atoms with Gasteiger partial charge in [0.2, 0.25) is 0 Å². The first-order valence-corrected chi connectivity index (χ1v) is 4.83. The summed E-state index contributed by atoms with van der Waals surface area (Å²) < 4.78 is 4.82. The Kier molecular flexibility index (Phi) is 5.29. The highest BCUT2D eigenvalue weighted by atomic mass is 16.5. The van der Waals surface area contributed by atoms with Crippen molar-refractivity contribution >= 4 is 0 Å². The Morgan fingerprint density at radius 1 is 1.64 bits per heavy atom. The van der Waals surface area contributed by atoms with Crippen LogP contribution in [0.2, 0.25) is 0 Å². The van der Waals surface area contributed by atoms with Gasteiger partial charge in [-0.05, 0) is 25.1 Å². The maximum Gasteiger partial charge on any atom is 0.0785 e. The van der Waals surface area contributed by atoms with Crippen LogP contribution in [-0.4, -0.2) is 36.5 Å². The Hall–Kier alpha value is -0.840. The number of nitrogens with one attached hydrogen (secondary N) is 2. The quantitative estimate of drug-likeness (QED) is 0.559. The normalized spacial score (nSPS) is 13.0. The van der Waals surface area contributed by atoms with Gasteiger partial charge in [0.15, 0.2) is 0 Å². The van der Waals surface area contributed by atoms with Crippen molar-refractivity contribution < 1.29 is 9.84 Å². The summed E-state index contributed by atoms with van der Waals surface area (Å²) in [7, 11) is 1.59. The monoisotopic (exact) mass is 198 g/mol. The Labute approximate surface area is 84.3 Å². The highest BCUT2D eigenvalue weighted by Gasteiger charge is 2.01. The van der Waals surface area contributed by atoms with Crippen molar-refractivity contribution in [1.82, 2.24) is 10.3 Å². The molecule has 1 unspecified atom stereocenters. The summed E-state index contributed by atoms with van der Waals surface area (Å²) in [5, 5.41) is 12.6. The summed E-state index contributed by atoms with van der Waals surface area (Å²) in [5.74, 6) is 0. The average molecular weight is 198 g/mol. The standard InChI is InChI=1S/C10H18N2O2/c1-14-8-10(13)4-6-11-7-9-3-2-5-12-9/h2-3,5,10-13H,4,6-8H2,1H3. The van der Waals surface area contributed by atoms with E-state index in [4.69, 9.17) is 4.74 Å². The molecule has 0 radical (unpaired) electrons. The summed E-state index contributed by atoms with van der Waals surface area (Å²) >= 11 is 0. The smallest absolute Gasteiger partial charge is 0.0785 e. The predicted octanol–water partition coefficient (Wildman–Crippen LogP) is 0.502. The lowest BCUT2D eigenvalue weighted by Crippen LogP contribution is -2.23. The maximum absolute atomic E-state index is 9.33. The fourth-order valence-electron chi connectivity index (χ4n) is 1.24. The molecule has 4 heteroatoms. The minimum Gasteiger partial charge on any atom is -0.391 e. The number of hydrogen-bond donors (Lipinski definition) is 3. The summed E-state index contributed by atoms with van der Waals surface area (Å²) in [6.45, 7) is 2.01. The molecule has 3 N–H and O–H groups in total. The second-order valence-corrected chi connectivity index (χ2v) is 3.27. The van der Waals surface area contributed by atoms with E-state index >= 15 is 0 Å². The van der Waals surface area contributed by atoms with Crippen LogP contribution in [0.3, 0.4) is 0 Å². The molecule has 1 aromatic heterocycles. The molecule has 0 aliphatic carbocycles. The Morgan fingerprint density at radius 2 is 2.50 bits per heavy atom. The Balaban J connectivity index is 1.99. The van der Waals surface area contributed by atoms with Crippen LogP contribution in [0.5, 0.6) is 0 Å². The van der Waals surface area contributed by atoms with E-state index < -0.39 is 0 Å². The van der Waals surface area contributed by atoms with Crippen LogP contribution in [0.15, 0.2) is 18.3 Å². The molecule has 0 aliphatic heterocycles. The van der Waals surface area contributed by atoms with Crippen molar-refractivity contribution in [2.24, 2.45) is 0 Å². The van der Waals surface area contributed by atoms with Crippen molar-refractivity contribution in [3.63, 3.8) is 0 Å². The van der Waals surface area contributed by atoms with Crippen LogP contribution in [-0.2, 0) is 11.3 Å². The molecule has 1 heterocycles. The van der Waals surface area contributed by atoms with Crippen molar-refractivity contribution in [2.45, 2.75) is 19.1 Å². The third-order valence-corrected chi connectivity index (χ3v) is 1.99. The molecular weight excluding hydrogens is 180 g/mol. The molecule has 0 saturated heterocycles. The Morgan fingerprint density at radius 3 is 3.14 bits per heavy atom. The average Bonchev–Trinajstić information content (AvgIpc) is 2.65. The van der Waals surface area contributed by atoms with Gasteiger partial charge in [0.1, 0.15) is 0 Å². The van der Waals surface area contributed by atoms with E-state index in [2.05, 4.69) is 10.3 Å². The molecule has 0 amide bonds. The van der Waals surface area contributed by atoms with Gasteiger partial charge in [-0.15, -0.1) is 0 Å². The number of ether oxygens (including phenoxy) is 1. The molecule has 0 fully saturated rings. The lowest BCUT2D eigenvalue weighted by Gasteiger charge is -2.09.